The zero-order valence-electron chi connectivity index (χ0n) is 21.6. The number of benzene rings is 3. The van der Waals surface area contributed by atoms with Crippen molar-refractivity contribution in [2.75, 3.05) is 0 Å². The third-order valence-corrected chi connectivity index (χ3v) is 8.11. The van der Waals surface area contributed by atoms with Crippen LogP contribution in [0.4, 0.5) is 0 Å². The molecule has 0 aliphatic heterocycles. The Morgan fingerprint density at radius 2 is 1.00 bits per heavy atom. The first-order chi connectivity index (χ1) is 14.5. The molecule has 0 heterocycles. The van der Waals surface area contributed by atoms with Crippen LogP contribution in [0.2, 0.25) is 0 Å². The molecular weight excluding hydrogens is 372 g/mol. The first-order valence-corrected chi connectivity index (χ1v) is 11.7. The van der Waals surface area contributed by atoms with Crippen LogP contribution in [-0.4, -0.2) is 0 Å². The molecule has 0 saturated carbocycles. The van der Waals surface area contributed by atoms with Crippen molar-refractivity contribution in [1.29, 1.82) is 0 Å². The number of hydrogen-bond donors (Lipinski definition) is 0. The van der Waals surface area contributed by atoms with Crippen molar-refractivity contribution in [3.05, 3.63) is 90.5 Å². The molecule has 0 fully saturated rings. The molecule has 0 saturated heterocycles. The fourth-order valence-corrected chi connectivity index (χ4v) is 5.29. The number of hydrogen-bond acceptors (Lipinski definition) is 0. The molecule has 0 unspecified atom stereocenters. The van der Waals surface area contributed by atoms with Gasteiger partial charge in [-0.3, -0.25) is 0 Å². The Morgan fingerprint density at radius 1 is 0.419 bits per heavy atom. The van der Waals surface area contributed by atoms with Crippen molar-refractivity contribution in [3.8, 4) is 11.1 Å². The van der Waals surface area contributed by atoms with Gasteiger partial charge in [0.25, 0.3) is 0 Å². The van der Waals surface area contributed by atoms with Crippen LogP contribution in [0, 0.1) is 76.2 Å². The molecule has 3 rings (SSSR count). The van der Waals surface area contributed by atoms with E-state index in [1.807, 2.05) is 0 Å². The van der Waals surface area contributed by atoms with Crippen molar-refractivity contribution in [3.63, 3.8) is 0 Å². The Labute approximate surface area is 190 Å². The Hall–Kier alpha value is -2.34. The van der Waals surface area contributed by atoms with Crippen LogP contribution in [-0.2, 0) is 12.8 Å². The fraction of sp³-hybridized carbons (Fsp3) is 0.419. The lowest BCUT2D eigenvalue weighted by Crippen LogP contribution is -2.05. The Kier molecular flexibility index (Phi) is 6.51. The largest absolute Gasteiger partial charge is 0.0558 e. The molecule has 0 spiro atoms. The summed E-state index contributed by atoms with van der Waals surface area (Å²) >= 11 is 0. The molecule has 0 N–H and O–H groups in total. The molecule has 0 aromatic heterocycles. The monoisotopic (exact) mass is 412 g/mol. The normalized spacial score (nSPS) is 11.3. The maximum Gasteiger partial charge on any atom is -0.0120 e. The Morgan fingerprint density at radius 3 is 1.65 bits per heavy atom. The van der Waals surface area contributed by atoms with Gasteiger partial charge in [-0.15, -0.1) is 0 Å². The quantitative estimate of drug-likeness (QED) is 0.403. The van der Waals surface area contributed by atoms with E-state index >= 15 is 0 Å². The minimum absolute atomic E-state index is 1.10. The zero-order chi connectivity index (χ0) is 23.2. The Balaban J connectivity index is 2.04. The van der Waals surface area contributed by atoms with Gasteiger partial charge in [-0.1, -0.05) is 18.2 Å². The van der Waals surface area contributed by atoms with Crippen LogP contribution >= 0.6 is 0 Å². The summed E-state index contributed by atoms with van der Waals surface area (Å²) < 4.78 is 0. The molecule has 0 atom stereocenters. The van der Waals surface area contributed by atoms with Gasteiger partial charge in [-0.2, -0.15) is 0 Å². The first kappa shape index (κ1) is 23.3. The second-order valence-electron chi connectivity index (χ2n) is 9.83. The highest BCUT2D eigenvalue weighted by Crippen LogP contribution is 2.37. The van der Waals surface area contributed by atoms with Crippen molar-refractivity contribution < 1.29 is 0 Å². The topological polar surface area (TPSA) is 0 Å². The van der Waals surface area contributed by atoms with E-state index in [9.17, 15) is 0 Å². The summed E-state index contributed by atoms with van der Waals surface area (Å²) in [5, 5.41) is 0. The minimum Gasteiger partial charge on any atom is -0.0558 e. The summed E-state index contributed by atoms with van der Waals surface area (Å²) in [6.45, 7) is 25.0. The molecular formula is C31H40. The van der Waals surface area contributed by atoms with Gasteiger partial charge in [0.15, 0.2) is 0 Å². The van der Waals surface area contributed by atoms with Crippen molar-refractivity contribution >= 4 is 0 Å². The van der Waals surface area contributed by atoms with Gasteiger partial charge >= 0.3 is 0 Å². The highest BCUT2D eigenvalue weighted by molar-refractivity contribution is 5.77. The second kappa shape index (κ2) is 8.65. The molecule has 0 aliphatic rings. The van der Waals surface area contributed by atoms with Crippen LogP contribution in [0.25, 0.3) is 11.1 Å². The van der Waals surface area contributed by atoms with Crippen molar-refractivity contribution in [2.24, 2.45) is 0 Å². The lowest BCUT2D eigenvalue weighted by molar-refractivity contribution is 0.917. The minimum atomic E-state index is 1.10. The number of rotatable bonds is 4. The van der Waals surface area contributed by atoms with Crippen LogP contribution < -0.4 is 0 Å². The van der Waals surface area contributed by atoms with Crippen LogP contribution in [0.5, 0.6) is 0 Å². The van der Waals surface area contributed by atoms with Crippen LogP contribution in [0.15, 0.2) is 18.2 Å². The average molecular weight is 413 g/mol. The Bertz CT molecular complexity index is 1170. The van der Waals surface area contributed by atoms with E-state index in [2.05, 4.69) is 94.4 Å². The summed E-state index contributed by atoms with van der Waals surface area (Å²) in [6.07, 6.45) is 2.21. The summed E-state index contributed by atoms with van der Waals surface area (Å²) in [4.78, 5) is 0. The van der Waals surface area contributed by atoms with E-state index in [0.29, 0.717) is 0 Å². The van der Waals surface area contributed by atoms with E-state index in [1.165, 1.54) is 83.5 Å². The second-order valence-corrected chi connectivity index (χ2v) is 9.83. The van der Waals surface area contributed by atoms with Gasteiger partial charge in [0.05, 0.1) is 0 Å². The van der Waals surface area contributed by atoms with Crippen molar-refractivity contribution in [1.82, 2.24) is 0 Å². The van der Waals surface area contributed by atoms with Crippen molar-refractivity contribution in [2.45, 2.75) is 89.0 Å². The summed E-state index contributed by atoms with van der Waals surface area (Å²) in [5.41, 5.74) is 21.6. The third-order valence-electron chi connectivity index (χ3n) is 8.11. The predicted octanol–water partition coefficient (Wildman–Crippen LogP) is 8.53. The van der Waals surface area contributed by atoms with Gasteiger partial charge in [-0.05, 0) is 172 Å². The van der Waals surface area contributed by atoms with Gasteiger partial charge in [0.2, 0.25) is 0 Å². The van der Waals surface area contributed by atoms with E-state index in [-0.39, 0.29) is 0 Å². The van der Waals surface area contributed by atoms with E-state index in [1.54, 1.807) is 0 Å². The van der Waals surface area contributed by atoms with E-state index in [4.69, 9.17) is 0 Å². The zero-order valence-corrected chi connectivity index (χ0v) is 21.6. The maximum absolute atomic E-state index is 2.45. The molecule has 0 aliphatic carbocycles. The van der Waals surface area contributed by atoms with Gasteiger partial charge in [-0.25, -0.2) is 0 Å². The molecule has 3 aromatic rings. The summed E-state index contributed by atoms with van der Waals surface area (Å²) in [6, 6.07) is 7.20. The van der Waals surface area contributed by atoms with E-state index in [0.717, 1.165) is 12.8 Å². The summed E-state index contributed by atoms with van der Waals surface area (Å²) in [5.74, 6) is 0. The molecule has 31 heavy (non-hydrogen) atoms. The van der Waals surface area contributed by atoms with Crippen LogP contribution in [0.1, 0.15) is 72.3 Å². The lowest BCUT2D eigenvalue weighted by atomic mass is 9.83. The van der Waals surface area contributed by atoms with E-state index < -0.39 is 0 Å². The molecule has 3 aromatic carbocycles. The summed E-state index contributed by atoms with van der Waals surface area (Å²) in [7, 11) is 0. The molecule has 164 valence electrons. The molecule has 0 amide bonds. The predicted molar refractivity (Wildman–Crippen MR) is 138 cm³/mol. The average Bonchev–Trinajstić information content (AvgIpc) is 2.71. The molecule has 0 radical (unpaired) electrons. The standard InChI is InChI=1S/C31H40/c1-17-14-19(3)29(25(9)22(17)6)13-12-28-15-20(4)31(27(11)24(28)8)30-16-18(2)21(5)23(7)26(30)10/h14-16H,12-13H2,1-11H3. The fourth-order valence-electron chi connectivity index (χ4n) is 5.29. The highest BCUT2D eigenvalue weighted by Gasteiger charge is 2.17. The lowest BCUT2D eigenvalue weighted by Gasteiger charge is -2.22. The van der Waals surface area contributed by atoms with Gasteiger partial charge < -0.3 is 0 Å². The maximum atomic E-state index is 2.45. The molecule has 0 nitrogen and oxygen atoms in total. The molecule has 0 heteroatoms. The van der Waals surface area contributed by atoms with Gasteiger partial charge in [0, 0.05) is 0 Å². The number of aryl methyl sites for hydroxylation is 5. The van der Waals surface area contributed by atoms with Crippen LogP contribution in [0.3, 0.4) is 0 Å². The first-order valence-electron chi connectivity index (χ1n) is 11.7. The van der Waals surface area contributed by atoms with Gasteiger partial charge in [0.1, 0.15) is 0 Å². The third kappa shape index (κ3) is 4.10. The smallest absolute Gasteiger partial charge is 0.0120 e. The highest BCUT2D eigenvalue weighted by atomic mass is 14.2. The molecule has 0 bridgehead atoms. The SMILES string of the molecule is Cc1cc(-c2c(C)cc(CCc3c(C)cc(C)c(C)c3C)c(C)c2C)c(C)c(C)c1C.